The number of hydrogen-bond donors (Lipinski definition) is 1. The molecule has 7 heteroatoms. The Balaban J connectivity index is 0.00000180. The van der Waals surface area contributed by atoms with E-state index in [0.29, 0.717) is 11.5 Å². The molecule has 0 aliphatic rings. The molecule has 94 valence electrons. The quantitative estimate of drug-likeness (QED) is 0.443. The molecule has 0 fully saturated rings. The fourth-order valence-electron chi connectivity index (χ4n) is 1.39. The van der Waals surface area contributed by atoms with Crippen molar-refractivity contribution in [2.45, 2.75) is 4.90 Å². The average Bonchev–Trinajstić information content (AvgIpc) is 2.32. The van der Waals surface area contributed by atoms with E-state index in [4.69, 9.17) is 10.5 Å². The van der Waals surface area contributed by atoms with Crippen LogP contribution in [0.2, 0.25) is 0 Å². The van der Waals surface area contributed by atoms with Crippen LogP contribution in [0.3, 0.4) is 0 Å². The van der Waals surface area contributed by atoms with Gasteiger partial charge >= 0.3 is 29.6 Å². The Kier molecular flexibility index (Phi) is 5.39. The van der Waals surface area contributed by atoms with Crippen LogP contribution in [0.25, 0.3) is 0 Å². The number of nitrogen functional groups attached to an aromatic ring is 1. The standard InChI is InChI=1S/C12H11NO4S.Na/c13-11-8-10(18(14,15)16)6-7-12(11)17-9-4-2-1-3-5-9;/h1-8H,13H2,(H,14,15,16);/q;+1/p-1. The van der Waals surface area contributed by atoms with Crippen molar-refractivity contribution in [3.8, 4) is 11.5 Å². The van der Waals surface area contributed by atoms with Crippen molar-refractivity contribution in [3.63, 3.8) is 0 Å². The van der Waals surface area contributed by atoms with E-state index in [1.54, 1.807) is 24.3 Å². The Bertz CT molecular complexity index is 659. The van der Waals surface area contributed by atoms with Crippen LogP contribution in [0.4, 0.5) is 5.69 Å². The molecule has 0 saturated heterocycles. The van der Waals surface area contributed by atoms with Gasteiger partial charge in [-0.05, 0) is 30.3 Å². The molecule has 2 aromatic carbocycles. The third kappa shape index (κ3) is 4.22. The number of anilines is 1. The fraction of sp³-hybridized carbons (Fsp3) is 0. The van der Waals surface area contributed by atoms with Crippen LogP contribution in [0.1, 0.15) is 0 Å². The predicted octanol–water partition coefficient (Wildman–Crippen LogP) is -1.03. The van der Waals surface area contributed by atoms with E-state index in [9.17, 15) is 13.0 Å². The molecule has 5 nitrogen and oxygen atoms in total. The zero-order chi connectivity index (χ0) is 13.2. The third-order valence-electron chi connectivity index (χ3n) is 2.24. The summed E-state index contributed by atoms with van der Waals surface area (Å²) in [4.78, 5) is -0.375. The molecule has 0 unspecified atom stereocenters. The van der Waals surface area contributed by atoms with Crippen molar-refractivity contribution in [1.82, 2.24) is 0 Å². The zero-order valence-electron chi connectivity index (χ0n) is 10.2. The largest absolute Gasteiger partial charge is 1.00 e. The van der Waals surface area contributed by atoms with Crippen molar-refractivity contribution in [2.75, 3.05) is 5.73 Å². The molecule has 2 rings (SSSR count). The summed E-state index contributed by atoms with van der Waals surface area (Å²) >= 11 is 0. The summed E-state index contributed by atoms with van der Waals surface area (Å²) in [7, 11) is -4.50. The molecule has 2 N–H and O–H groups in total. The van der Waals surface area contributed by atoms with E-state index < -0.39 is 10.1 Å². The zero-order valence-corrected chi connectivity index (χ0v) is 13.1. The SMILES string of the molecule is Nc1cc(S(=O)(=O)[O-])ccc1Oc1ccccc1.[Na+]. The first kappa shape index (κ1) is 16.0. The maximum absolute atomic E-state index is 10.8. The van der Waals surface area contributed by atoms with Crippen molar-refractivity contribution in [3.05, 3.63) is 48.5 Å². The summed E-state index contributed by atoms with van der Waals surface area (Å²) in [5.41, 5.74) is 5.73. The van der Waals surface area contributed by atoms with E-state index in [0.717, 1.165) is 12.1 Å². The van der Waals surface area contributed by atoms with Crippen LogP contribution in [-0.2, 0) is 10.1 Å². The first-order valence-electron chi connectivity index (χ1n) is 5.05. The summed E-state index contributed by atoms with van der Waals surface area (Å²) < 4.78 is 37.9. The van der Waals surface area contributed by atoms with E-state index in [2.05, 4.69) is 0 Å². The van der Waals surface area contributed by atoms with Gasteiger partial charge in [-0.25, -0.2) is 8.42 Å². The maximum atomic E-state index is 10.8. The molecule has 0 saturated carbocycles. The molecule has 0 bridgehead atoms. The molecular weight excluding hydrogens is 277 g/mol. The molecule has 0 spiro atoms. The number of rotatable bonds is 3. The Morgan fingerprint density at radius 2 is 1.68 bits per heavy atom. The first-order chi connectivity index (χ1) is 8.47. The van der Waals surface area contributed by atoms with Crippen LogP contribution < -0.4 is 40.0 Å². The topological polar surface area (TPSA) is 92.5 Å². The normalized spacial score (nSPS) is 10.6. The molecule has 0 aliphatic carbocycles. The predicted molar refractivity (Wildman–Crippen MR) is 65.3 cm³/mol. The average molecular weight is 287 g/mol. The van der Waals surface area contributed by atoms with Gasteiger partial charge in [0.15, 0.2) is 0 Å². The van der Waals surface area contributed by atoms with Gasteiger partial charge in [0.2, 0.25) is 0 Å². The van der Waals surface area contributed by atoms with Crippen molar-refractivity contribution in [2.24, 2.45) is 0 Å². The van der Waals surface area contributed by atoms with Crippen LogP contribution in [0.5, 0.6) is 11.5 Å². The maximum Gasteiger partial charge on any atom is 1.00 e. The van der Waals surface area contributed by atoms with E-state index >= 15 is 0 Å². The molecule has 0 heterocycles. The minimum absolute atomic E-state index is 0. The van der Waals surface area contributed by atoms with Crippen molar-refractivity contribution in [1.29, 1.82) is 0 Å². The molecule has 0 aliphatic heterocycles. The van der Waals surface area contributed by atoms with Gasteiger partial charge in [-0.2, -0.15) is 0 Å². The van der Waals surface area contributed by atoms with Gasteiger partial charge in [0.05, 0.1) is 10.6 Å². The van der Waals surface area contributed by atoms with Gasteiger partial charge in [0.1, 0.15) is 21.6 Å². The Morgan fingerprint density at radius 3 is 2.21 bits per heavy atom. The third-order valence-corrected chi connectivity index (χ3v) is 3.07. The van der Waals surface area contributed by atoms with Crippen molar-refractivity contribution < 1.29 is 47.3 Å². The van der Waals surface area contributed by atoms with Crippen LogP contribution in [-0.4, -0.2) is 13.0 Å². The van der Waals surface area contributed by atoms with Gasteiger partial charge in [-0.1, -0.05) is 18.2 Å². The minimum atomic E-state index is -4.50. The minimum Gasteiger partial charge on any atom is -0.744 e. The number of para-hydroxylation sites is 1. The van der Waals surface area contributed by atoms with Gasteiger partial charge in [-0.3, -0.25) is 0 Å². The number of benzene rings is 2. The van der Waals surface area contributed by atoms with Crippen molar-refractivity contribution >= 4 is 15.8 Å². The first-order valence-corrected chi connectivity index (χ1v) is 6.46. The summed E-state index contributed by atoms with van der Waals surface area (Å²) in [6.07, 6.45) is 0. The molecule has 2 aromatic rings. The number of hydrogen-bond acceptors (Lipinski definition) is 5. The summed E-state index contributed by atoms with van der Waals surface area (Å²) in [6, 6.07) is 12.5. The van der Waals surface area contributed by atoms with Gasteiger partial charge in [0, 0.05) is 0 Å². The van der Waals surface area contributed by atoms with E-state index in [-0.39, 0.29) is 40.1 Å². The summed E-state index contributed by atoms with van der Waals surface area (Å²) in [5, 5.41) is 0. The van der Waals surface area contributed by atoms with Crippen LogP contribution in [0, 0.1) is 0 Å². The van der Waals surface area contributed by atoms with Crippen LogP contribution >= 0.6 is 0 Å². The summed E-state index contributed by atoms with van der Waals surface area (Å²) in [6.45, 7) is 0. The fourth-order valence-corrected chi connectivity index (χ4v) is 1.90. The second kappa shape index (κ2) is 6.40. The Labute approximate surface area is 133 Å². The number of nitrogens with two attached hydrogens (primary N) is 1. The van der Waals surface area contributed by atoms with Gasteiger partial charge < -0.3 is 15.0 Å². The molecule has 0 atom stereocenters. The Hall–Kier alpha value is -1.05. The molecule has 0 radical (unpaired) electrons. The summed E-state index contributed by atoms with van der Waals surface area (Å²) in [5.74, 6) is 0.871. The number of ether oxygens (including phenoxy) is 1. The second-order valence-corrected chi connectivity index (χ2v) is 4.95. The molecular formula is C12H10NNaO4S. The van der Waals surface area contributed by atoms with E-state index in [1.807, 2.05) is 6.07 Å². The Morgan fingerprint density at radius 1 is 1.05 bits per heavy atom. The van der Waals surface area contributed by atoms with Crippen LogP contribution in [0.15, 0.2) is 53.4 Å². The van der Waals surface area contributed by atoms with Gasteiger partial charge in [0.25, 0.3) is 0 Å². The smallest absolute Gasteiger partial charge is 0.744 e. The molecule has 0 amide bonds. The molecule has 0 aromatic heterocycles. The van der Waals surface area contributed by atoms with Gasteiger partial charge in [-0.15, -0.1) is 0 Å². The monoisotopic (exact) mass is 287 g/mol. The second-order valence-electron chi connectivity index (χ2n) is 3.57. The van der Waals surface area contributed by atoms with E-state index in [1.165, 1.54) is 6.07 Å². The molecule has 19 heavy (non-hydrogen) atoms.